The highest BCUT2D eigenvalue weighted by Crippen LogP contribution is 2.26. The normalized spacial score (nSPS) is 18.9. The molecule has 4 nitrogen and oxygen atoms in total. The van der Waals surface area contributed by atoms with Crippen LogP contribution >= 0.6 is 12.4 Å². The molecule has 1 saturated carbocycles. The molecule has 1 aliphatic rings. The minimum Gasteiger partial charge on any atom is -0.497 e. The third-order valence-electron chi connectivity index (χ3n) is 4.92. The van der Waals surface area contributed by atoms with Crippen molar-refractivity contribution in [3.63, 3.8) is 0 Å². The molecule has 3 N–H and O–H groups in total. The molecule has 3 rings (SSSR count). The van der Waals surface area contributed by atoms with Gasteiger partial charge in [0.05, 0.1) is 12.7 Å². The second kappa shape index (κ2) is 9.01. The van der Waals surface area contributed by atoms with Gasteiger partial charge in [-0.15, -0.1) is 12.4 Å². The summed E-state index contributed by atoms with van der Waals surface area (Å²) >= 11 is 0. The van der Waals surface area contributed by atoms with Gasteiger partial charge in [-0.25, -0.2) is 4.39 Å². The van der Waals surface area contributed by atoms with Gasteiger partial charge in [0.1, 0.15) is 11.6 Å². The summed E-state index contributed by atoms with van der Waals surface area (Å²) in [5, 5.41) is 2.94. The Balaban J connectivity index is 0.00000243. The number of nitrogens with two attached hydrogens (primary N) is 1. The van der Waals surface area contributed by atoms with Crippen molar-refractivity contribution in [1.82, 2.24) is 5.32 Å². The van der Waals surface area contributed by atoms with Crippen molar-refractivity contribution in [3.8, 4) is 16.9 Å². The fraction of sp³-hybridized carbons (Fsp3) is 0.350. The molecule has 0 bridgehead atoms. The summed E-state index contributed by atoms with van der Waals surface area (Å²) in [7, 11) is 1.60. The molecule has 2 aromatic carbocycles. The maximum absolute atomic E-state index is 14.5. The van der Waals surface area contributed by atoms with Gasteiger partial charge in [0.25, 0.3) is 5.91 Å². The van der Waals surface area contributed by atoms with E-state index < -0.39 is 5.82 Å². The van der Waals surface area contributed by atoms with Gasteiger partial charge in [-0.05, 0) is 60.7 Å². The molecule has 6 heteroatoms. The van der Waals surface area contributed by atoms with Crippen LogP contribution in [0.4, 0.5) is 4.39 Å². The Kier molecular flexibility index (Phi) is 7.00. The molecule has 140 valence electrons. The molecule has 0 aliphatic heterocycles. The van der Waals surface area contributed by atoms with E-state index in [-0.39, 0.29) is 35.8 Å². The first-order valence-corrected chi connectivity index (χ1v) is 8.57. The highest BCUT2D eigenvalue weighted by molar-refractivity contribution is 5.95. The summed E-state index contributed by atoms with van der Waals surface area (Å²) in [5.74, 6) is 0.133. The van der Waals surface area contributed by atoms with Gasteiger partial charge in [0.2, 0.25) is 0 Å². The average molecular weight is 379 g/mol. The fourth-order valence-electron chi connectivity index (χ4n) is 3.42. The molecule has 0 radical (unpaired) electrons. The number of methoxy groups -OCH3 is 1. The van der Waals surface area contributed by atoms with E-state index in [2.05, 4.69) is 5.32 Å². The number of hydrogen-bond acceptors (Lipinski definition) is 3. The first-order chi connectivity index (χ1) is 12.1. The first-order valence-electron chi connectivity index (χ1n) is 8.57. The average Bonchev–Trinajstić information content (AvgIpc) is 3.08. The van der Waals surface area contributed by atoms with Crippen molar-refractivity contribution in [1.29, 1.82) is 0 Å². The Labute approximate surface area is 159 Å². The van der Waals surface area contributed by atoms with Gasteiger partial charge in [-0.1, -0.05) is 24.6 Å². The van der Waals surface area contributed by atoms with E-state index in [0.717, 1.165) is 36.1 Å². The largest absolute Gasteiger partial charge is 0.497 e. The lowest BCUT2D eigenvalue weighted by atomic mass is 10.0. The predicted molar refractivity (Wildman–Crippen MR) is 103 cm³/mol. The van der Waals surface area contributed by atoms with Crippen molar-refractivity contribution in [2.75, 3.05) is 13.7 Å². The lowest BCUT2D eigenvalue weighted by Crippen LogP contribution is -2.40. The van der Waals surface area contributed by atoms with E-state index >= 15 is 0 Å². The van der Waals surface area contributed by atoms with E-state index in [1.165, 1.54) is 12.1 Å². The molecule has 0 saturated heterocycles. The summed E-state index contributed by atoms with van der Waals surface area (Å²) < 4.78 is 19.6. The highest BCUT2D eigenvalue weighted by atomic mass is 35.5. The second-order valence-corrected chi connectivity index (χ2v) is 6.43. The Morgan fingerprint density at radius 3 is 2.50 bits per heavy atom. The number of hydrogen-bond donors (Lipinski definition) is 2. The number of amides is 1. The van der Waals surface area contributed by atoms with Gasteiger partial charge in [-0.2, -0.15) is 0 Å². The molecule has 0 spiro atoms. The van der Waals surface area contributed by atoms with Crippen molar-refractivity contribution < 1.29 is 13.9 Å². The number of halogens is 2. The lowest BCUT2D eigenvalue weighted by Gasteiger charge is -2.19. The van der Waals surface area contributed by atoms with E-state index in [4.69, 9.17) is 10.5 Å². The highest BCUT2D eigenvalue weighted by Gasteiger charge is 2.28. The monoisotopic (exact) mass is 378 g/mol. The first kappa shape index (κ1) is 20.2. The van der Waals surface area contributed by atoms with Crippen LogP contribution in [0.25, 0.3) is 11.1 Å². The quantitative estimate of drug-likeness (QED) is 0.832. The van der Waals surface area contributed by atoms with Gasteiger partial charge < -0.3 is 15.8 Å². The Morgan fingerprint density at radius 2 is 1.88 bits per heavy atom. The van der Waals surface area contributed by atoms with Crippen LogP contribution in [0, 0.1) is 11.7 Å². The number of carbonyl (C=O) groups is 1. The van der Waals surface area contributed by atoms with Crippen molar-refractivity contribution >= 4 is 18.3 Å². The topological polar surface area (TPSA) is 64.3 Å². The standard InChI is InChI=1S/C20H23FN2O2.ClH/c1-25-16-8-5-13(6-9-16)14-7-10-17(18(21)11-14)20(24)23-19-4-2-3-15(19)12-22;/h5-11,15,19H,2-4,12,22H2,1H3,(H,23,24);1H. The van der Waals surface area contributed by atoms with E-state index in [1.54, 1.807) is 13.2 Å². The zero-order chi connectivity index (χ0) is 17.8. The number of nitrogens with one attached hydrogen (secondary N) is 1. The molecule has 2 aromatic rings. The fourth-order valence-corrected chi connectivity index (χ4v) is 3.42. The molecule has 1 aliphatic carbocycles. The molecule has 0 heterocycles. The number of ether oxygens (including phenoxy) is 1. The summed E-state index contributed by atoms with van der Waals surface area (Å²) in [5.41, 5.74) is 7.39. The van der Waals surface area contributed by atoms with Crippen molar-refractivity contribution in [2.45, 2.75) is 25.3 Å². The summed E-state index contributed by atoms with van der Waals surface area (Å²) in [6.45, 7) is 0.545. The number of benzene rings is 2. The maximum atomic E-state index is 14.5. The van der Waals surface area contributed by atoms with E-state index in [1.807, 2.05) is 24.3 Å². The van der Waals surface area contributed by atoms with Crippen LogP contribution in [0.5, 0.6) is 5.75 Å². The molecule has 1 amide bonds. The third-order valence-corrected chi connectivity index (χ3v) is 4.92. The van der Waals surface area contributed by atoms with Crippen molar-refractivity contribution in [3.05, 3.63) is 53.8 Å². The molecule has 1 fully saturated rings. The Bertz CT molecular complexity index is 752. The molecular weight excluding hydrogens is 355 g/mol. The summed E-state index contributed by atoms with van der Waals surface area (Å²) in [4.78, 5) is 12.4. The van der Waals surface area contributed by atoms with Gasteiger partial charge >= 0.3 is 0 Å². The number of rotatable bonds is 5. The van der Waals surface area contributed by atoms with Gasteiger partial charge in [-0.3, -0.25) is 4.79 Å². The van der Waals surface area contributed by atoms with Crippen LogP contribution in [0.1, 0.15) is 29.6 Å². The minimum atomic E-state index is -0.520. The molecule has 0 aromatic heterocycles. The van der Waals surface area contributed by atoms with Crippen molar-refractivity contribution in [2.24, 2.45) is 11.7 Å². The minimum absolute atomic E-state index is 0. The summed E-state index contributed by atoms with van der Waals surface area (Å²) in [6, 6.07) is 12.1. The van der Waals surface area contributed by atoms with Crippen LogP contribution in [0.3, 0.4) is 0 Å². The van der Waals surface area contributed by atoms with Crippen LogP contribution < -0.4 is 15.8 Å². The third kappa shape index (κ3) is 4.34. The molecular formula is C20H24ClFN2O2. The predicted octanol–water partition coefficient (Wildman–Crippen LogP) is 3.78. The van der Waals surface area contributed by atoms with E-state index in [0.29, 0.717) is 6.54 Å². The number of carbonyl (C=O) groups excluding carboxylic acids is 1. The zero-order valence-corrected chi connectivity index (χ0v) is 15.5. The second-order valence-electron chi connectivity index (χ2n) is 6.43. The maximum Gasteiger partial charge on any atom is 0.254 e. The SMILES string of the molecule is COc1ccc(-c2ccc(C(=O)NC3CCCC3CN)c(F)c2)cc1.Cl. The Morgan fingerprint density at radius 1 is 1.19 bits per heavy atom. The summed E-state index contributed by atoms with van der Waals surface area (Å²) in [6.07, 6.45) is 2.96. The van der Waals surface area contributed by atoms with Crippen LogP contribution in [0.2, 0.25) is 0 Å². The van der Waals surface area contributed by atoms with Gasteiger partial charge in [0.15, 0.2) is 0 Å². The molecule has 2 atom stereocenters. The van der Waals surface area contributed by atoms with Crippen LogP contribution in [-0.4, -0.2) is 25.6 Å². The smallest absolute Gasteiger partial charge is 0.254 e. The zero-order valence-electron chi connectivity index (χ0n) is 14.7. The van der Waals surface area contributed by atoms with Crippen LogP contribution in [0.15, 0.2) is 42.5 Å². The van der Waals surface area contributed by atoms with Gasteiger partial charge in [0, 0.05) is 6.04 Å². The molecule has 26 heavy (non-hydrogen) atoms. The Hall–Kier alpha value is -2.11. The lowest BCUT2D eigenvalue weighted by molar-refractivity contribution is 0.0924. The van der Waals surface area contributed by atoms with Crippen LogP contribution in [-0.2, 0) is 0 Å². The van der Waals surface area contributed by atoms with E-state index in [9.17, 15) is 9.18 Å². The molecule has 2 unspecified atom stereocenters.